The molecule has 1 spiro atoms. The van der Waals surface area contributed by atoms with E-state index in [9.17, 15) is 0 Å². The van der Waals surface area contributed by atoms with Crippen molar-refractivity contribution < 1.29 is 0 Å². The third-order valence-electron chi connectivity index (χ3n) is 2.99. The highest BCUT2D eigenvalue weighted by Crippen LogP contribution is 2.40. The molecule has 3 heteroatoms. The maximum Gasteiger partial charge on any atom is 0.0808 e. The first-order valence-electron chi connectivity index (χ1n) is 5.33. The Kier molecular flexibility index (Phi) is 2.86. The number of nitrogens with zero attached hydrogens (tertiary/aromatic N) is 1. The van der Waals surface area contributed by atoms with Crippen molar-refractivity contribution in [2.45, 2.75) is 25.1 Å². The van der Waals surface area contributed by atoms with Crippen LogP contribution in [0.4, 0.5) is 0 Å². The summed E-state index contributed by atoms with van der Waals surface area (Å²) < 4.78 is 0. The van der Waals surface area contributed by atoms with Crippen molar-refractivity contribution in [2.24, 2.45) is 5.92 Å². The lowest BCUT2D eigenvalue weighted by atomic mass is 10.1. The molecule has 0 aromatic rings. The average Bonchev–Trinajstić information content (AvgIpc) is 2.64. The average molecular weight is 200 g/mol. The van der Waals surface area contributed by atoms with E-state index in [0.717, 1.165) is 5.92 Å². The smallest absolute Gasteiger partial charge is 0.0808 e. The molecule has 1 atom stereocenters. The fourth-order valence-corrected chi connectivity index (χ4v) is 3.88. The number of nitrogens with one attached hydrogen (secondary N) is 1. The van der Waals surface area contributed by atoms with E-state index in [4.69, 9.17) is 0 Å². The Balaban J connectivity index is 2.00. The molecule has 1 unspecified atom stereocenters. The molecule has 0 aromatic heterocycles. The Morgan fingerprint density at radius 2 is 2.38 bits per heavy atom. The molecule has 2 saturated heterocycles. The van der Waals surface area contributed by atoms with Crippen LogP contribution in [0.25, 0.3) is 0 Å². The molecule has 2 heterocycles. The largest absolute Gasteiger partial charge is 0.314 e. The van der Waals surface area contributed by atoms with Gasteiger partial charge in [0.1, 0.15) is 0 Å². The van der Waals surface area contributed by atoms with Crippen molar-refractivity contribution >= 4 is 11.8 Å². The van der Waals surface area contributed by atoms with Gasteiger partial charge in [-0.1, -0.05) is 13.8 Å². The SMILES string of the molecule is CC(C)CN1CCSC12CCNC2. The Hall–Kier alpha value is 0.270. The second-order valence-electron chi connectivity index (χ2n) is 4.56. The minimum Gasteiger partial charge on any atom is -0.314 e. The maximum atomic E-state index is 3.50. The van der Waals surface area contributed by atoms with Gasteiger partial charge < -0.3 is 5.32 Å². The summed E-state index contributed by atoms with van der Waals surface area (Å²) in [4.78, 5) is 3.17. The number of hydrogen-bond donors (Lipinski definition) is 1. The second kappa shape index (κ2) is 3.79. The molecule has 2 fully saturated rings. The molecule has 0 saturated carbocycles. The van der Waals surface area contributed by atoms with Gasteiger partial charge in [-0.2, -0.15) is 0 Å². The van der Waals surface area contributed by atoms with E-state index in [1.54, 1.807) is 0 Å². The lowest BCUT2D eigenvalue weighted by Crippen LogP contribution is -2.45. The fourth-order valence-electron chi connectivity index (χ4n) is 2.39. The van der Waals surface area contributed by atoms with E-state index in [0.29, 0.717) is 4.87 Å². The summed E-state index contributed by atoms with van der Waals surface area (Å²) in [6.07, 6.45) is 1.34. The summed E-state index contributed by atoms with van der Waals surface area (Å²) >= 11 is 2.17. The first-order chi connectivity index (χ1) is 6.23. The first-order valence-corrected chi connectivity index (χ1v) is 6.31. The van der Waals surface area contributed by atoms with Crippen LogP contribution in [0.2, 0.25) is 0 Å². The summed E-state index contributed by atoms with van der Waals surface area (Å²) in [5.74, 6) is 2.13. The zero-order chi connectivity index (χ0) is 9.31. The Labute approximate surface area is 85.4 Å². The monoisotopic (exact) mass is 200 g/mol. The van der Waals surface area contributed by atoms with Crippen molar-refractivity contribution in [1.82, 2.24) is 10.2 Å². The molecule has 2 aliphatic rings. The first kappa shape index (κ1) is 9.81. The molecule has 2 aliphatic heterocycles. The molecule has 0 aliphatic carbocycles. The Morgan fingerprint density at radius 3 is 3.00 bits per heavy atom. The maximum absolute atomic E-state index is 3.50. The molecule has 0 bridgehead atoms. The molecule has 0 amide bonds. The second-order valence-corrected chi connectivity index (χ2v) is 6.02. The molecule has 0 aromatic carbocycles. The highest BCUT2D eigenvalue weighted by Gasteiger charge is 2.43. The fraction of sp³-hybridized carbons (Fsp3) is 1.00. The van der Waals surface area contributed by atoms with Crippen molar-refractivity contribution in [2.75, 3.05) is 31.9 Å². The van der Waals surface area contributed by atoms with Gasteiger partial charge in [-0.05, 0) is 18.9 Å². The molecular formula is C10H20N2S. The van der Waals surface area contributed by atoms with Gasteiger partial charge in [0.15, 0.2) is 0 Å². The molecule has 1 N–H and O–H groups in total. The quantitative estimate of drug-likeness (QED) is 0.725. The minimum atomic E-state index is 0.476. The van der Waals surface area contributed by atoms with Crippen LogP contribution in [0.1, 0.15) is 20.3 Å². The summed E-state index contributed by atoms with van der Waals surface area (Å²) in [5, 5.41) is 3.50. The van der Waals surface area contributed by atoms with Gasteiger partial charge in [-0.3, -0.25) is 4.90 Å². The lowest BCUT2D eigenvalue weighted by molar-refractivity contribution is 0.186. The van der Waals surface area contributed by atoms with E-state index in [2.05, 4.69) is 35.8 Å². The summed E-state index contributed by atoms with van der Waals surface area (Å²) in [6.45, 7) is 9.61. The molecule has 2 rings (SSSR count). The van der Waals surface area contributed by atoms with Crippen molar-refractivity contribution in [3.63, 3.8) is 0 Å². The summed E-state index contributed by atoms with van der Waals surface area (Å²) in [6, 6.07) is 0. The topological polar surface area (TPSA) is 15.3 Å². The number of thioether (sulfide) groups is 1. The van der Waals surface area contributed by atoms with Gasteiger partial charge in [0.2, 0.25) is 0 Å². The summed E-state index contributed by atoms with van der Waals surface area (Å²) in [7, 11) is 0. The van der Waals surface area contributed by atoms with E-state index in [-0.39, 0.29) is 0 Å². The van der Waals surface area contributed by atoms with Gasteiger partial charge in [0, 0.05) is 25.4 Å². The Morgan fingerprint density at radius 1 is 1.54 bits per heavy atom. The molecule has 0 radical (unpaired) electrons. The molecule has 2 nitrogen and oxygen atoms in total. The lowest BCUT2D eigenvalue weighted by Gasteiger charge is -2.34. The normalized spacial score (nSPS) is 35.3. The number of rotatable bonds is 2. The van der Waals surface area contributed by atoms with Crippen LogP contribution in [-0.4, -0.2) is 41.7 Å². The van der Waals surface area contributed by atoms with Crippen LogP contribution in [0, 0.1) is 5.92 Å². The standard InChI is InChI=1S/C10H20N2S/c1-9(2)7-12-5-6-13-10(12)3-4-11-8-10/h9,11H,3-8H2,1-2H3. The Bertz CT molecular complexity index is 170. The van der Waals surface area contributed by atoms with Crippen molar-refractivity contribution in [3.8, 4) is 0 Å². The van der Waals surface area contributed by atoms with Crippen LogP contribution in [-0.2, 0) is 0 Å². The zero-order valence-electron chi connectivity index (χ0n) is 8.68. The van der Waals surface area contributed by atoms with Gasteiger partial charge in [-0.25, -0.2) is 0 Å². The van der Waals surface area contributed by atoms with Gasteiger partial charge >= 0.3 is 0 Å². The van der Waals surface area contributed by atoms with E-state index in [1.165, 1.54) is 38.4 Å². The van der Waals surface area contributed by atoms with Crippen molar-refractivity contribution in [3.05, 3.63) is 0 Å². The van der Waals surface area contributed by atoms with Crippen LogP contribution in [0.3, 0.4) is 0 Å². The highest BCUT2D eigenvalue weighted by atomic mass is 32.2. The third kappa shape index (κ3) is 1.88. The van der Waals surface area contributed by atoms with Gasteiger partial charge in [-0.15, -0.1) is 11.8 Å². The minimum absolute atomic E-state index is 0.476. The predicted molar refractivity (Wildman–Crippen MR) is 59.1 cm³/mol. The van der Waals surface area contributed by atoms with E-state index in [1.807, 2.05) is 0 Å². The van der Waals surface area contributed by atoms with E-state index >= 15 is 0 Å². The van der Waals surface area contributed by atoms with Crippen LogP contribution < -0.4 is 5.32 Å². The molecular weight excluding hydrogens is 180 g/mol. The van der Waals surface area contributed by atoms with Crippen LogP contribution in [0.5, 0.6) is 0 Å². The number of hydrogen-bond acceptors (Lipinski definition) is 3. The van der Waals surface area contributed by atoms with Gasteiger partial charge in [0.05, 0.1) is 4.87 Å². The third-order valence-corrected chi connectivity index (χ3v) is 4.52. The van der Waals surface area contributed by atoms with Gasteiger partial charge in [0.25, 0.3) is 0 Å². The highest BCUT2D eigenvalue weighted by molar-refractivity contribution is 8.00. The van der Waals surface area contributed by atoms with Crippen LogP contribution >= 0.6 is 11.8 Å². The van der Waals surface area contributed by atoms with Crippen molar-refractivity contribution in [1.29, 1.82) is 0 Å². The predicted octanol–water partition coefficient (Wildman–Crippen LogP) is 1.38. The van der Waals surface area contributed by atoms with E-state index < -0.39 is 0 Å². The van der Waals surface area contributed by atoms with Crippen LogP contribution in [0.15, 0.2) is 0 Å². The zero-order valence-corrected chi connectivity index (χ0v) is 9.49. The molecule has 76 valence electrons. The summed E-state index contributed by atoms with van der Waals surface area (Å²) in [5.41, 5.74) is 0. The molecule has 13 heavy (non-hydrogen) atoms.